The second-order valence-corrected chi connectivity index (χ2v) is 4.65. The SMILES string of the molecule is NC(=O)c1cc(NC2CCCC2)cc(C(N)=O)c1. The highest BCUT2D eigenvalue weighted by molar-refractivity contribution is 5.99. The molecule has 96 valence electrons. The lowest BCUT2D eigenvalue weighted by molar-refractivity contribution is 0.0999. The molecule has 0 unspecified atom stereocenters. The summed E-state index contributed by atoms with van der Waals surface area (Å²) in [5.74, 6) is -1.12. The molecule has 5 nitrogen and oxygen atoms in total. The van der Waals surface area contributed by atoms with Crippen LogP contribution in [0.25, 0.3) is 0 Å². The highest BCUT2D eigenvalue weighted by atomic mass is 16.1. The molecule has 5 heteroatoms. The lowest BCUT2D eigenvalue weighted by atomic mass is 10.1. The Bertz CT molecular complexity index is 447. The van der Waals surface area contributed by atoms with Crippen LogP contribution in [-0.2, 0) is 0 Å². The maximum absolute atomic E-state index is 11.2. The van der Waals surface area contributed by atoms with Gasteiger partial charge in [0.25, 0.3) is 0 Å². The minimum atomic E-state index is -0.562. The molecule has 0 radical (unpaired) electrons. The van der Waals surface area contributed by atoms with Gasteiger partial charge in [0.1, 0.15) is 0 Å². The van der Waals surface area contributed by atoms with Crippen LogP contribution in [0.1, 0.15) is 46.4 Å². The molecule has 0 heterocycles. The molecular weight excluding hydrogens is 230 g/mol. The van der Waals surface area contributed by atoms with Crippen molar-refractivity contribution in [3.63, 3.8) is 0 Å². The zero-order chi connectivity index (χ0) is 13.1. The van der Waals surface area contributed by atoms with Gasteiger partial charge >= 0.3 is 0 Å². The number of nitrogens with two attached hydrogens (primary N) is 2. The van der Waals surface area contributed by atoms with Crippen molar-refractivity contribution < 1.29 is 9.59 Å². The van der Waals surface area contributed by atoms with Crippen LogP contribution in [0.5, 0.6) is 0 Å². The van der Waals surface area contributed by atoms with Crippen molar-refractivity contribution in [2.75, 3.05) is 5.32 Å². The summed E-state index contributed by atoms with van der Waals surface area (Å²) in [6.07, 6.45) is 4.62. The van der Waals surface area contributed by atoms with Crippen LogP contribution in [0.3, 0.4) is 0 Å². The average molecular weight is 247 g/mol. The molecule has 1 aliphatic rings. The standard InChI is InChI=1S/C13H17N3O2/c14-12(17)8-5-9(13(15)18)7-11(6-8)16-10-3-1-2-4-10/h5-7,10,16H,1-4H2,(H2,14,17)(H2,15,18). The number of benzene rings is 1. The minimum Gasteiger partial charge on any atom is -0.382 e. The van der Waals surface area contributed by atoms with E-state index in [-0.39, 0.29) is 0 Å². The molecule has 1 aliphatic carbocycles. The summed E-state index contributed by atoms with van der Waals surface area (Å²) in [6.45, 7) is 0. The fourth-order valence-electron chi connectivity index (χ4n) is 2.30. The predicted molar refractivity (Wildman–Crippen MR) is 69.4 cm³/mol. The van der Waals surface area contributed by atoms with Crippen molar-refractivity contribution in [2.45, 2.75) is 31.7 Å². The zero-order valence-electron chi connectivity index (χ0n) is 10.1. The van der Waals surface area contributed by atoms with Crippen LogP contribution in [0.2, 0.25) is 0 Å². The van der Waals surface area contributed by atoms with Crippen LogP contribution in [-0.4, -0.2) is 17.9 Å². The molecule has 0 spiro atoms. The molecule has 1 saturated carbocycles. The predicted octanol–water partition coefficient (Wildman–Crippen LogP) is 1.24. The van der Waals surface area contributed by atoms with Crippen molar-refractivity contribution in [3.05, 3.63) is 29.3 Å². The highest BCUT2D eigenvalue weighted by Crippen LogP contribution is 2.23. The Hall–Kier alpha value is -2.04. The summed E-state index contributed by atoms with van der Waals surface area (Å²) in [4.78, 5) is 22.4. The first-order chi connectivity index (χ1) is 8.56. The summed E-state index contributed by atoms with van der Waals surface area (Å²) >= 11 is 0. The highest BCUT2D eigenvalue weighted by Gasteiger charge is 2.16. The van der Waals surface area contributed by atoms with Crippen LogP contribution in [0.4, 0.5) is 5.69 Å². The van der Waals surface area contributed by atoms with Gasteiger partial charge in [-0.3, -0.25) is 9.59 Å². The molecule has 1 fully saturated rings. The van der Waals surface area contributed by atoms with E-state index in [9.17, 15) is 9.59 Å². The van der Waals surface area contributed by atoms with Crippen molar-refractivity contribution in [2.24, 2.45) is 11.5 Å². The third-order valence-electron chi connectivity index (χ3n) is 3.23. The van der Waals surface area contributed by atoms with Gasteiger partial charge in [0, 0.05) is 22.9 Å². The van der Waals surface area contributed by atoms with Crippen LogP contribution < -0.4 is 16.8 Å². The van der Waals surface area contributed by atoms with Gasteiger partial charge < -0.3 is 16.8 Å². The Morgan fingerprint density at radius 1 is 1.00 bits per heavy atom. The van der Waals surface area contributed by atoms with Crippen LogP contribution in [0, 0.1) is 0 Å². The molecule has 18 heavy (non-hydrogen) atoms. The van der Waals surface area contributed by atoms with E-state index < -0.39 is 11.8 Å². The monoisotopic (exact) mass is 247 g/mol. The Labute approximate surface area is 106 Å². The number of anilines is 1. The number of hydrogen-bond donors (Lipinski definition) is 3. The molecule has 0 atom stereocenters. The molecule has 0 bridgehead atoms. The molecule has 5 N–H and O–H groups in total. The summed E-state index contributed by atoms with van der Waals surface area (Å²) in [7, 11) is 0. The number of hydrogen-bond acceptors (Lipinski definition) is 3. The third kappa shape index (κ3) is 2.80. The summed E-state index contributed by atoms with van der Waals surface area (Å²) < 4.78 is 0. The van der Waals surface area contributed by atoms with Crippen LogP contribution >= 0.6 is 0 Å². The van der Waals surface area contributed by atoms with Gasteiger partial charge in [-0.15, -0.1) is 0 Å². The Balaban J connectivity index is 2.27. The van der Waals surface area contributed by atoms with Crippen molar-refractivity contribution in [3.8, 4) is 0 Å². The average Bonchev–Trinajstić information content (AvgIpc) is 2.81. The van der Waals surface area contributed by atoms with Gasteiger partial charge in [-0.25, -0.2) is 0 Å². The maximum atomic E-state index is 11.2. The molecule has 1 aromatic carbocycles. The summed E-state index contributed by atoms with van der Waals surface area (Å²) in [5, 5.41) is 3.32. The Morgan fingerprint density at radius 2 is 1.50 bits per heavy atom. The van der Waals surface area contributed by atoms with Gasteiger partial charge in [0.05, 0.1) is 0 Å². The quantitative estimate of drug-likeness (QED) is 0.746. The molecule has 1 aromatic rings. The lowest BCUT2D eigenvalue weighted by Crippen LogP contribution is -2.19. The Morgan fingerprint density at radius 3 is 1.94 bits per heavy atom. The number of rotatable bonds is 4. The summed E-state index contributed by atoms with van der Waals surface area (Å²) in [6, 6.07) is 5.14. The van der Waals surface area contributed by atoms with E-state index in [4.69, 9.17) is 11.5 Å². The molecule has 2 rings (SSSR count). The van der Waals surface area contributed by atoms with E-state index in [1.807, 2.05) is 0 Å². The largest absolute Gasteiger partial charge is 0.382 e. The topological polar surface area (TPSA) is 98.2 Å². The minimum absolute atomic E-state index is 0.298. The van der Waals surface area contributed by atoms with E-state index in [2.05, 4.69) is 5.32 Å². The first-order valence-corrected chi connectivity index (χ1v) is 6.07. The number of carbonyl (C=O) groups excluding carboxylic acids is 2. The Kier molecular flexibility index (Phi) is 3.50. The molecular formula is C13H17N3O2. The van der Waals surface area contributed by atoms with Crippen molar-refractivity contribution in [1.82, 2.24) is 0 Å². The number of nitrogens with one attached hydrogen (secondary N) is 1. The van der Waals surface area contributed by atoms with Gasteiger partial charge in [-0.1, -0.05) is 12.8 Å². The molecule has 0 aromatic heterocycles. The first kappa shape index (κ1) is 12.4. The van der Waals surface area contributed by atoms with E-state index >= 15 is 0 Å². The second-order valence-electron chi connectivity index (χ2n) is 4.65. The number of carbonyl (C=O) groups is 2. The van der Waals surface area contributed by atoms with Crippen molar-refractivity contribution >= 4 is 17.5 Å². The third-order valence-corrected chi connectivity index (χ3v) is 3.23. The van der Waals surface area contributed by atoms with Crippen LogP contribution in [0.15, 0.2) is 18.2 Å². The van der Waals surface area contributed by atoms with Gasteiger partial charge in [0.15, 0.2) is 0 Å². The zero-order valence-corrected chi connectivity index (χ0v) is 10.1. The van der Waals surface area contributed by atoms with Gasteiger partial charge in [-0.05, 0) is 31.0 Å². The fraction of sp³-hybridized carbons (Fsp3) is 0.385. The van der Waals surface area contributed by atoms with E-state index in [0.717, 1.165) is 18.5 Å². The molecule has 0 saturated heterocycles. The fourth-order valence-corrected chi connectivity index (χ4v) is 2.30. The van der Waals surface area contributed by atoms with Crippen molar-refractivity contribution in [1.29, 1.82) is 0 Å². The molecule has 2 amide bonds. The number of primary amides is 2. The number of amides is 2. The maximum Gasteiger partial charge on any atom is 0.248 e. The van der Waals surface area contributed by atoms with Gasteiger partial charge in [0.2, 0.25) is 11.8 Å². The van der Waals surface area contributed by atoms with Gasteiger partial charge in [-0.2, -0.15) is 0 Å². The summed E-state index contributed by atoms with van der Waals surface area (Å²) in [5.41, 5.74) is 11.8. The normalized spacial score (nSPS) is 15.6. The lowest BCUT2D eigenvalue weighted by Gasteiger charge is -2.14. The smallest absolute Gasteiger partial charge is 0.248 e. The van der Waals surface area contributed by atoms with E-state index in [1.54, 1.807) is 12.1 Å². The second kappa shape index (κ2) is 5.08. The first-order valence-electron chi connectivity index (χ1n) is 6.07. The molecule has 0 aliphatic heterocycles. The van der Waals surface area contributed by atoms with E-state index in [0.29, 0.717) is 17.2 Å². The van der Waals surface area contributed by atoms with E-state index in [1.165, 1.54) is 18.9 Å².